The van der Waals surface area contributed by atoms with Gasteiger partial charge in [-0.2, -0.15) is 0 Å². The maximum atomic E-state index is 6.11. The summed E-state index contributed by atoms with van der Waals surface area (Å²) in [4.78, 5) is 2.50. The molecule has 0 bridgehead atoms. The third kappa shape index (κ3) is 4.60. The molecule has 0 amide bonds. The van der Waals surface area contributed by atoms with Crippen molar-refractivity contribution >= 4 is 0 Å². The molecule has 1 aliphatic heterocycles. The lowest BCUT2D eigenvalue weighted by Crippen LogP contribution is -2.37. The molecule has 4 nitrogen and oxygen atoms in total. The van der Waals surface area contributed by atoms with Gasteiger partial charge < -0.3 is 14.2 Å². The monoisotopic (exact) mass is 403 g/mol. The van der Waals surface area contributed by atoms with Gasteiger partial charge in [-0.15, -0.1) is 0 Å². The third-order valence-electron chi connectivity index (χ3n) is 5.75. The fourth-order valence-electron chi connectivity index (χ4n) is 4.03. The first-order valence-corrected chi connectivity index (χ1v) is 10.4. The van der Waals surface area contributed by atoms with Gasteiger partial charge in [0.05, 0.1) is 14.2 Å². The van der Waals surface area contributed by atoms with E-state index in [-0.39, 0.29) is 0 Å². The predicted octanol–water partition coefficient (Wildman–Crippen LogP) is 5.23. The summed E-state index contributed by atoms with van der Waals surface area (Å²) in [6.07, 6.45) is 0.991. The van der Waals surface area contributed by atoms with Gasteiger partial charge in [-0.3, -0.25) is 4.90 Å². The van der Waals surface area contributed by atoms with E-state index in [0.29, 0.717) is 12.6 Å². The SMILES string of the molecule is COc1cccc(CN2Cc3cc(OC)c(OCc4ccccc4)cc3CC2C)c1. The molecule has 1 heterocycles. The van der Waals surface area contributed by atoms with E-state index in [4.69, 9.17) is 14.2 Å². The van der Waals surface area contributed by atoms with Crippen LogP contribution in [0.25, 0.3) is 0 Å². The molecule has 0 fully saturated rings. The van der Waals surface area contributed by atoms with Crippen LogP contribution in [0.4, 0.5) is 0 Å². The number of hydrogen-bond donors (Lipinski definition) is 0. The van der Waals surface area contributed by atoms with Crippen LogP contribution in [-0.2, 0) is 26.1 Å². The molecule has 0 aliphatic carbocycles. The second-order valence-electron chi connectivity index (χ2n) is 7.86. The van der Waals surface area contributed by atoms with E-state index in [2.05, 4.69) is 54.3 Å². The molecular formula is C26H29NO3. The molecule has 0 spiro atoms. The number of rotatable bonds is 7. The van der Waals surface area contributed by atoms with Crippen molar-refractivity contribution in [3.05, 3.63) is 89.0 Å². The topological polar surface area (TPSA) is 30.9 Å². The van der Waals surface area contributed by atoms with Gasteiger partial charge in [-0.25, -0.2) is 0 Å². The molecule has 3 aromatic carbocycles. The molecule has 1 aliphatic rings. The van der Waals surface area contributed by atoms with E-state index >= 15 is 0 Å². The van der Waals surface area contributed by atoms with Gasteiger partial charge in [-0.1, -0.05) is 42.5 Å². The highest BCUT2D eigenvalue weighted by Crippen LogP contribution is 2.36. The molecule has 0 radical (unpaired) electrons. The van der Waals surface area contributed by atoms with Crippen molar-refractivity contribution in [3.8, 4) is 17.2 Å². The number of benzene rings is 3. The molecular weight excluding hydrogens is 374 g/mol. The molecule has 0 aromatic heterocycles. The van der Waals surface area contributed by atoms with Crippen LogP contribution in [0.3, 0.4) is 0 Å². The quantitative estimate of drug-likeness (QED) is 0.541. The summed E-state index contributed by atoms with van der Waals surface area (Å²) < 4.78 is 17.1. The molecule has 30 heavy (non-hydrogen) atoms. The van der Waals surface area contributed by atoms with E-state index < -0.39 is 0 Å². The predicted molar refractivity (Wildman–Crippen MR) is 119 cm³/mol. The van der Waals surface area contributed by atoms with E-state index in [0.717, 1.165) is 42.3 Å². The van der Waals surface area contributed by atoms with E-state index in [1.54, 1.807) is 14.2 Å². The first-order chi connectivity index (χ1) is 14.7. The molecule has 1 atom stereocenters. The van der Waals surface area contributed by atoms with Crippen LogP contribution in [0.5, 0.6) is 17.2 Å². The van der Waals surface area contributed by atoms with Crippen LogP contribution >= 0.6 is 0 Å². The Morgan fingerprint density at radius 1 is 0.833 bits per heavy atom. The number of hydrogen-bond acceptors (Lipinski definition) is 4. The summed E-state index contributed by atoms with van der Waals surface area (Å²) in [7, 11) is 3.42. The van der Waals surface area contributed by atoms with Crippen molar-refractivity contribution in [2.45, 2.75) is 39.1 Å². The summed E-state index contributed by atoms with van der Waals surface area (Å²) in [6.45, 7) is 4.61. The van der Waals surface area contributed by atoms with Crippen molar-refractivity contribution in [1.29, 1.82) is 0 Å². The second kappa shape index (κ2) is 9.23. The lowest BCUT2D eigenvalue weighted by atomic mass is 9.93. The van der Waals surface area contributed by atoms with Gasteiger partial charge in [0.1, 0.15) is 12.4 Å². The number of fused-ring (bicyclic) bond motifs is 1. The lowest BCUT2D eigenvalue weighted by Gasteiger charge is -2.35. The zero-order valence-electron chi connectivity index (χ0n) is 17.9. The van der Waals surface area contributed by atoms with Gasteiger partial charge in [0, 0.05) is 19.1 Å². The van der Waals surface area contributed by atoms with Crippen molar-refractivity contribution in [3.63, 3.8) is 0 Å². The molecule has 0 saturated heterocycles. The molecule has 4 rings (SSSR count). The molecule has 4 heteroatoms. The highest BCUT2D eigenvalue weighted by Gasteiger charge is 2.25. The second-order valence-corrected chi connectivity index (χ2v) is 7.86. The maximum Gasteiger partial charge on any atom is 0.161 e. The minimum Gasteiger partial charge on any atom is -0.497 e. The minimum absolute atomic E-state index is 0.444. The van der Waals surface area contributed by atoms with Crippen LogP contribution in [-0.4, -0.2) is 25.2 Å². The number of methoxy groups -OCH3 is 2. The Bertz CT molecular complexity index is 987. The zero-order valence-corrected chi connectivity index (χ0v) is 17.9. The molecule has 1 unspecified atom stereocenters. The standard InChI is InChI=1S/C26H29NO3/c1-19-12-22-14-26(30-18-20-8-5-4-6-9-20)25(29-3)15-23(22)17-27(19)16-21-10-7-11-24(13-21)28-2/h4-11,13-15,19H,12,16-18H2,1-3H3. The molecule has 0 saturated carbocycles. The molecule has 0 N–H and O–H groups in total. The Morgan fingerprint density at radius 2 is 1.60 bits per heavy atom. The van der Waals surface area contributed by atoms with Crippen LogP contribution < -0.4 is 14.2 Å². The lowest BCUT2D eigenvalue weighted by molar-refractivity contribution is 0.174. The van der Waals surface area contributed by atoms with Crippen LogP contribution in [0, 0.1) is 0 Å². The summed E-state index contributed by atoms with van der Waals surface area (Å²) in [5, 5.41) is 0. The Balaban J connectivity index is 1.51. The van der Waals surface area contributed by atoms with Crippen molar-refractivity contribution in [2.24, 2.45) is 0 Å². The van der Waals surface area contributed by atoms with Crippen molar-refractivity contribution < 1.29 is 14.2 Å². The fourth-order valence-corrected chi connectivity index (χ4v) is 4.03. The average molecular weight is 404 g/mol. The van der Waals surface area contributed by atoms with E-state index in [1.165, 1.54) is 16.7 Å². The highest BCUT2D eigenvalue weighted by molar-refractivity contribution is 5.48. The van der Waals surface area contributed by atoms with Gasteiger partial charge >= 0.3 is 0 Å². The van der Waals surface area contributed by atoms with E-state index in [9.17, 15) is 0 Å². The summed E-state index contributed by atoms with van der Waals surface area (Å²) in [5.74, 6) is 2.51. The van der Waals surface area contributed by atoms with Gasteiger partial charge in [0.25, 0.3) is 0 Å². The highest BCUT2D eigenvalue weighted by atomic mass is 16.5. The Morgan fingerprint density at radius 3 is 2.37 bits per heavy atom. The third-order valence-corrected chi connectivity index (χ3v) is 5.75. The number of nitrogens with zero attached hydrogens (tertiary/aromatic N) is 1. The summed E-state index contributed by atoms with van der Waals surface area (Å²) in [5.41, 5.74) is 5.06. The summed E-state index contributed by atoms with van der Waals surface area (Å²) in [6, 6.07) is 23.3. The van der Waals surface area contributed by atoms with Crippen LogP contribution in [0.1, 0.15) is 29.2 Å². The largest absolute Gasteiger partial charge is 0.497 e. The van der Waals surface area contributed by atoms with Crippen LogP contribution in [0.2, 0.25) is 0 Å². The Kier molecular flexibility index (Phi) is 6.24. The van der Waals surface area contributed by atoms with Gasteiger partial charge in [-0.05, 0) is 59.9 Å². The minimum atomic E-state index is 0.444. The first kappa shape index (κ1) is 20.3. The van der Waals surface area contributed by atoms with Gasteiger partial charge in [0.15, 0.2) is 11.5 Å². The van der Waals surface area contributed by atoms with Crippen molar-refractivity contribution in [1.82, 2.24) is 4.90 Å². The Labute approximate surface area is 179 Å². The first-order valence-electron chi connectivity index (χ1n) is 10.4. The van der Waals surface area contributed by atoms with Crippen molar-refractivity contribution in [2.75, 3.05) is 14.2 Å². The Hall–Kier alpha value is -2.98. The molecule has 156 valence electrons. The smallest absolute Gasteiger partial charge is 0.161 e. The maximum absolute atomic E-state index is 6.11. The summed E-state index contributed by atoms with van der Waals surface area (Å²) >= 11 is 0. The normalized spacial score (nSPS) is 16.0. The van der Waals surface area contributed by atoms with Crippen LogP contribution in [0.15, 0.2) is 66.7 Å². The zero-order chi connectivity index (χ0) is 20.9. The molecule has 3 aromatic rings. The fraction of sp³-hybridized carbons (Fsp3) is 0.308. The number of ether oxygens (including phenoxy) is 3. The van der Waals surface area contributed by atoms with E-state index in [1.807, 2.05) is 24.3 Å². The average Bonchev–Trinajstić information content (AvgIpc) is 2.78. The van der Waals surface area contributed by atoms with Gasteiger partial charge in [0.2, 0.25) is 0 Å².